The van der Waals surface area contributed by atoms with Gasteiger partial charge in [0.15, 0.2) is 5.16 Å². The average Bonchev–Trinajstić information content (AvgIpc) is 3.34. The third-order valence-corrected chi connectivity index (χ3v) is 7.91. The molecule has 4 rings (SSSR count). The van der Waals surface area contributed by atoms with Gasteiger partial charge in [-0.3, -0.25) is 4.79 Å². The summed E-state index contributed by atoms with van der Waals surface area (Å²) in [7, 11) is 0. The molecule has 4 nitrogen and oxygen atoms in total. The number of carbonyl (C=O) groups excluding carboxylic acids is 1. The Bertz CT molecular complexity index is 1280. The second-order valence-electron chi connectivity index (χ2n) is 9.94. The molecule has 1 N–H and O–H groups in total. The Hall–Kier alpha value is -3.31. The molecule has 0 aliphatic rings. The second-order valence-corrected chi connectivity index (χ2v) is 11.0. The number of carbonyl (C=O) groups is 1. The first-order chi connectivity index (χ1) is 19.2. The average molecular weight is 540 g/mol. The topological polar surface area (TPSA) is 46.9 Å². The molecule has 1 aromatic heterocycles. The zero-order chi connectivity index (χ0) is 27.3. The Kier molecular flexibility index (Phi) is 11.3. The summed E-state index contributed by atoms with van der Waals surface area (Å²) in [6, 6.07) is 29.2. The van der Waals surface area contributed by atoms with Crippen LogP contribution in [0.5, 0.6) is 0 Å². The van der Waals surface area contributed by atoms with Crippen molar-refractivity contribution >= 4 is 17.7 Å². The lowest BCUT2D eigenvalue weighted by Gasteiger charge is -2.12. The monoisotopic (exact) mass is 539 g/mol. The first kappa shape index (κ1) is 28.7. The molecule has 0 radical (unpaired) electrons. The van der Waals surface area contributed by atoms with Crippen molar-refractivity contribution in [3.8, 4) is 22.5 Å². The smallest absolute Gasteiger partial charge is 0.251 e. The number of aryl methyl sites for hydroxylation is 1. The molecule has 1 heterocycles. The lowest BCUT2D eigenvalue weighted by Crippen LogP contribution is -2.24. The highest BCUT2D eigenvalue weighted by Gasteiger charge is 2.19. The van der Waals surface area contributed by atoms with Crippen molar-refractivity contribution in [1.82, 2.24) is 14.9 Å². The number of unbranched alkanes of at least 4 members (excludes halogenated alkanes) is 3. The summed E-state index contributed by atoms with van der Waals surface area (Å²) in [6.45, 7) is 6.05. The van der Waals surface area contributed by atoms with E-state index in [1.165, 1.54) is 36.1 Å². The number of aromatic nitrogens is 2. The largest absolute Gasteiger partial charge is 0.352 e. The van der Waals surface area contributed by atoms with Crippen molar-refractivity contribution in [3.05, 3.63) is 96.1 Å². The van der Waals surface area contributed by atoms with Gasteiger partial charge in [-0.1, -0.05) is 111 Å². The quantitative estimate of drug-likeness (QED) is 0.121. The van der Waals surface area contributed by atoms with E-state index in [1.54, 1.807) is 0 Å². The summed E-state index contributed by atoms with van der Waals surface area (Å²) in [6.07, 6.45) is 7.78. The van der Waals surface area contributed by atoms with Gasteiger partial charge in [0.1, 0.15) is 0 Å². The molecular formula is C34H41N3OS. The minimum Gasteiger partial charge on any atom is -0.352 e. The minimum atomic E-state index is 0.0151. The van der Waals surface area contributed by atoms with Gasteiger partial charge in [0.2, 0.25) is 0 Å². The Labute approximate surface area is 238 Å². The molecule has 0 aliphatic heterocycles. The second kappa shape index (κ2) is 15.3. The maximum absolute atomic E-state index is 12.6. The molecule has 4 aromatic rings. The Morgan fingerprint density at radius 2 is 1.49 bits per heavy atom. The number of hydrogen-bond donors (Lipinski definition) is 1. The minimum absolute atomic E-state index is 0.0151. The van der Waals surface area contributed by atoms with E-state index >= 15 is 0 Å². The standard InChI is InChI=1S/C34H41N3OS/c1-3-5-8-15-27-20-22-30(23-21-27)33(38)35-24-13-14-26-39-34-36-31(28-16-9-6-10-17-28)32(37(34)25-4-2)29-18-11-7-12-19-29/h6-7,9-12,16-23H,3-5,8,13-15,24-26H2,1-2H3,(H,35,38). The van der Waals surface area contributed by atoms with E-state index in [0.29, 0.717) is 6.54 Å². The highest BCUT2D eigenvalue weighted by atomic mass is 32.2. The van der Waals surface area contributed by atoms with Crippen LogP contribution in [-0.4, -0.2) is 27.8 Å². The van der Waals surface area contributed by atoms with Crippen LogP contribution in [0.4, 0.5) is 0 Å². The SMILES string of the molecule is CCCCCc1ccc(C(=O)NCCCCSc2nc(-c3ccccc3)c(-c3ccccc3)n2CCC)cc1. The van der Waals surface area contributed by atoms with Crippen LogP contribution in [0.15, 0.2) is 90.1 Å². The third-order valence-electron chi connectivity index (χ3n) is 6.85. The van der Waals surface area contributed by atoms with Crippen molar-refractivity contribution in [3.63, 3.8) is 0 Å². The van der Waals surface area contributed by atoms with Crippen LogP contribution < -0.4 is 5.32 Å². The maximum Gasteiger partial charge on any atom is 0.251 e. The van der Waals surface area contributed by atoms with E-state index in [2.05, 4.69) is 90.5 Å². The van der Waals surface area contributed by atoms with E-state index in [-0.39, 0.29) is 5.91 Å². The van der Waals surface area contributed by atoms with Gasteiger partial charge >= 0.3 is 0 Å². The molecule has 0 aliphatic carbocycles. The fourth-order valence-electron chi connectivity index (χ4n) is 4.76. The van der Waals surface area contributed by atoms with Gasteiger partial charge in [-0.05, 0) is 49.8 Å². The number of nitrogens with one attached hydrogen (secondary N) is 1. The predicted octanol–water partition coefficient (Wildman–Crippen LogP) is 8.66. The van der Waals surface area contributed by atoms with E-state index in [9.17, 15) is 4.79 Å². The predicted molar refractivity (Wildman–Crippen MR) is 165 cm³/mol. The number of amides is 1. The molecule has 1 amide bonds. The van der Waals surface area contributed by atoms with Crippen LogP contribution in [0.2, 0.25) is 0 Å². The Morgan fingerprint density at radius 1 is 0.795 bits per heavy atom. The van der Waals surface area contributed by atoms with Gasteiger partial charge in [0.05, 0.1) is 11.4 Å². The van der Waals surface area contributed by atoms with Crippen LogP contribution in [-0.2, 0) is 13.0 Å². The summed E-state index contributed by atoms with van der Waals surface area (Å²) < 4.78 is 2.38. The van der Waals surface area contributed by atoms with Gasteiger partial charge in [-0.15, -0.1) is 0 Å². The van der Waals surface area contributed by atoms with Crippen molar-refractivity contribution in [2.75, 3.05) is 12.3 Å². The normalized spacial score (nSPS) is 11.0. The van der Waals surface area contributed by atoms with Gasteiger partial charge in [0.25, 0.3) is 5.91 Å². The molecule has 3 aromatic carbocycles. The fourth-order valence-corrected chi connectivity index (χ4v) is 5.78. The Balaban J connectivity index is 1.33. The van der Waals surface area contributed by atoms with E-state index in [1.807, 2.05) is 30.0 Å². The number of imidazole rings is 1. The zero-order valence-corrected chi connectivity index (χ0v) is 24.2. The molecular weight excluding hydrogens is 498 g/mol. The number of benzene rings is 3. The van der Waals surface area contributed by atoms with Gasteiger partial charge in [-0.25, -0.2) is 4.98 Å². The number of thioether (sulfide) groups is 1. The fraction of sp³-hybridized carbons (Fsp3) is 0.353. The Morgan fingerprint density at radius 3 is 2.15 bits per heavy atom. The van der Waals surface area contributed by atoms with Crippen molar-refractivity contribution in [2.45, 2.75) is 70.5 Å². The van der Waals surface area contributed by atoms with Gasteiger partial charge in [-0.2, -0.15) is 0 Å². The molecule has 0 saturated heterocycles. The third kappa shape index (κ3) is 8.09. The van der Waals surface area contributed by atoms with Crippen molar-refractivity contribution < 1.29 is 4.79 Å². The number of hydrogen-bond acceptors (Lipinski definition) is 3. The molecule has 0 bridgehead atoms. The molecule has 204 valence electrons. The summed E-state index contributed by atoms with van der Waals surface area (Å²) in [5.41, 5.74) is 6.62. The summed E-state index contributed by atoms with van der Waals surface area (Å²) in [5.74, 6) is 0.979. The number of rotatable bonds is 15. The van der Waals surface area contributed by atoms with Gasteiger partial charge < -0.3 is 9.88 Å². The molecule has 0 atom stereocenters. The van der Waals surface area contributed by atoms with Gasteiger partial charge in [0, 0.05) is 35.5 Å². The molecule has 0 spiro atoms. The van der Waals surface area contributed by atoms with E-state index in [0.717, 1.165) is 60.0 Å². The maximum atomic E-state index is 12.6. The number of nitrogens with zero attached hydrogens (tertiary/aromatic N) is 2. The highest BCUT2D eigenvalue weighted by molar-refractivity contribution is 7.99. The summed E-state index contributed by atoms with van der Waals surface area (Å²) >= 11 is 1.82. The highest BCUT2D eigenvalue weighted by Crippen LogP contribution is 2.36. The molecule has 0 unspecified atom stereocenters. The van der Waals surface area contributed by atoms with E-state index in [4.69, 9.17) is 4.98 Å². The lowest BCUT2D eigenvalue weighted by atomic mass is 10.0. The lowest BCUT2D eigenvalue weighted by molar-refractivity contribution is 0.0953. The molecule has 0 fully saturated rings. The zero-order valence-electron chi connectivity index (χ0n) is 23.4. The van der Waals surface area contributed by atoms with Crippen LogP contribution in [0.1, 0.15) is 68.3 Å². The summed E-state index contributed by atoms with van der Waals surface area (Å²) in [5, 5.41) is 4.16. The first-order valence-corrected chi connectivity index (χ1v) is 15.4. The first-order valence-electron chi connectivity index (χ1n) is 14.4. The van der Waals surface area contributed by atoms with E-state index < -0.39 is 0 Å². The van der Waals surface area contributed by atoms with Crippen molar-refractivity contribution in [2.24, 2.45) is 0 Å². The summed E-state index contributed by atoms with van der Waals surface area (Å²) in [4.78, 5) is 17.7. The molecule has 5 heteroatoms. The van der Waals surface area contributed by atoms with Crippen LogP contribution in [0.3, 0.4) is 0 Å². The molecule has 39 heavy (non-hydrogen) atoms. The molecule has 0 saturated carbocycles. The van der Waals surface area contributed by atoms with Crippen molar-refractivity contribution in [1.29, 1.82) is 0 Å². The van der Waals surface area contributed by atoms with Crippen LogP contribution in [0, 0.1) is 0 Å². The van der Waals surface area contributed by atoms with Crippen LogP contribution >= 0.6 is 11.8 Å². The van der Waals surface area contributed by atoms with Crippen LogP contribution in [0.25, 0.3) is 22.5 Å².